The van der Waals surface area contributed by atoms with Crippen molar-refractivity contribution in [3.8, 4) is 0 Å². The van der Waals surface area contributed by atoms with Crippen molar-refractivity contribution in [1.29, 1.82) is 0 Å². The molecule has 0 aliphatic carbocycles. The Bertz CT molecular complexity index is 531. The highest BCUT2D eigenvalue weighted by Gasteiger charge is 2.15. The van der Waals surface area contributed by atoms with Crippen LogP contribution in [0, 0.1) is 0 Å². The molecule has 1 aromatic heterocycles. The highest BCUT2D eigenvalue weighted by Crippen LogP contribution is 2.19. The van der Waals surface area contributed by atoms with Crippen LogP contribution in [-0.2, 0) is 20.6 Å². The summed E-state index contributed by atoms with van der Waals surface area (Å²) in [6.45, 7) is 5.57. The molecule has 18 heavy (non-hydrogen) atoms. The van der Waals surface area contributed by atoms with Gasteiger partial charge >= 0.3 is 5.69 Å². The molecule has 5 nitrogen and oxygen atoms in total. The Morgan fingerprint density at radius 3 is 2.50 bits per heavy atom. The number of nitrogens with one attached hydrogen (secondary N) is 1. The van der Waals surface area contributed by atoms with E-state index in [-0.39, 0.29) is 16.0 Å². The first kappa shape index (κ1) is 15.0. The van der Waals surface area contributed by atoms with Gasteiger partial charge in [-0.25, -0.2) is 4.79 Å². The maximum atomic E-state index is 11.9. The van der Waals surface area contributed by atoms with Gasteiger partial charge in [0.15, 0.2) is 0 Å². The molecule has 0 spiro atoms. The van der Waals surface area contributed by atoms with E-state index in [1.54, 1.807) is 25.0 Å². The summed E-state index contributed by atoms with van der Waals surface area (Å²) in [5.74, 6) is 0. The molecule has 1 N–H and O–H groups in total. The first-order valence-corrected chi connectivity index (χ1v) is 7.02. The number of nitrogens with zero attached hydrogens (tertiary/aromatic N) is 2. The van der Waals surface area contributed by atoms with Crippen LogP contribution in [0.25, 0.3) is 0 Å². The maximum absolute atomic E-state index is 11.9. The molecule has 0 unspecified atom stereocenters. The minimum atomic E-state index is -0.298. The monoisotopic (exact) mass is 271 g/mol. The third-order valence-corrected chi connectivity index (χ3v) is 4.19. The highest BCUT2D eigenvalue weighted by molar-refractivity contribution is 7.99. The zero-order valence-corrected chi connectivity index (χ0v) is 12.4. The Kier molecular flexibility index (Phi) is 4.81. The lowest BCUT2D eigenvalue weighted by Crippen LogP contribution is -2.40. The fourth-order valence-corrected chi connectivity index (χ4v) is 1.82. The molecule has 0 bridgehead atoms. The van der Waals surface area contributed by atoms with Crippen LogP contribution in [0.5, 0.6) is 0 Å². The summed E-state index contributed by atoms with van der Waals surface area (Å²) in [5.41, 5.74) is 0.0808. The summed E-state index contributed by atoms with van der Waals surface area (Å²) in [6.07, 6.45) is 3.66. The third kappa shape index (κ3) is 3.49. The van der Waals surface area contributed by atoms with Gasteiger partial charge in [-0.05, 0) is 20.1 Å². The smallest absolute Gasteiger partial charge is 0.311 e. The molecule has 0 aliphatic rings. The first-order valence-electron chi connectivity index (χ1n) is 5.80. The minimum Gasteiger partial charge on any atom is -0.311 e. The number of thioether (sulfide) groups is 1. The molecule has 0 atom stereocenters. The molecule has 0 radical (unpaired) electrons. The summed E-state index contributed by atoms with van der Waals surface area (Å²) in [6, 6.07) is 0. The topological polar surface area (TPSA) is 56.0 Å². The molecule has 0 amide bonds. The molecular weight excluding hydrogens is 250 g/mol. The number of aryl methyl sites for hydroxylation is 1. The lowest BCUT2D eigenvalue weighted by Gasteiger charge is -2.22. The standard InChI is InChI=1S/C12H21N3O2S/c1-12(2,18-5)8-13-6-9-7-14(3)11(17)15(4)10(9)16/h7,13H,6,8H2,1-5H3. The lowest BCUT2D eigenvalue weighted by molar-refractivity contribution is 0.576. The number of rotatable bonds is 5. The van der Waals surface area contributed by atoms with Gasteiger partial charge in [-0.3, -0.25) is 9.36 Å². The fraction of sp³-hybridized carbons (Fsp3) is 0.667. The molecule has 6 heteroatoms. The minimum absolute atomic E-state index is 0.131. The van der Waals surface area contributed by atoms with E-state index in [4.69, 9.17) is 0 Å². The predicted molar refractivity (Wildman–Crippen MR) is 76.2 cm³/mol. The molecule has 0 saturated carbocycles. The third-order valence-electron chi connectivity index (χ3n) is 2.94. The van der Waals surface area contributed by atoms with Crippen molar-refractivity contribution in [2.24, 2.45) is 14.1 Å². The van der Waals surface area contributed by atoms with Crippen molar-refractivity contribution in [3.05, 3.63) is 32.6 Å². The number of aromatic nitrogens is 2. The Balaban J connectivity index is 2.82. The van der Waals surface area contributed by atoms with E-state index in [0.29, 0.717) is 12.1 Å². The fourth-order valence-electron chi connectivity index (χ4n) is 1.57. The summed E-state index contributed by atoms with van der Waals surface area (Å²) >= 11 is 1.77. The van der Waals surface area contributed by atoms with Gasteiger partial charge in [0.25, 0.3) is 5.56 Å². The van der Waals surface area contributed by atoms with E-state index >= 15 is 0 Å². The van der Waals surface area contributed by atoms with Crippen molar-refractivity contribution < 1.29 is 0 Å². The van der Waals surface area contributed by atoms with Crippen LogP contribution in [0.4, 0.5) is 0 Å². The van der Waals surface area contributed by atoms with Gasteiger partial charge in [0.05, 0.1) is 0 Å². The second-order valence-electron chi connectivity index (χ2n) is 4.98. The van der Waals surface area contributed by atoms with E-state index in [1.165, 1.54) is 11.6 Å². The van der Waals surface area contributed by atoms with Crippen LogP contribution < -0.4 is 16.6 Å². The van der Waals surface area contributed by atoms with Gasteiger partial charge in [-0.15, -0.1) is 0 Å². The van der Waals surface area contributed by atoms with Crippen LogP contribution in [0.15, 0.2) is 15.8 Å². The molecule has 0 saturated heterocycles. The Morgan fingerprint density at radius 2 is 1.94 bits per heavy atom. The van der Waals surface area contributed by atoms with Crippen molar-refractivity contribution in [2.75, 3.05) is 12.8 Å². The van der Waals surface area contributed by atoms with Gasteiger partial charge < -0.3 is 9.88 Å². The van der Waals surface area contributed by atoms with Crippen molar-refractivity contribution in [3.63, 3.8) is 0 Å². The quantitative estimate of drug-likeness (QED) is 0.838. The predicted octanol–water partition coefficient (Wildman–Crippen LogP) is 0.315. The zero-order valence-electron chi connectivity index (χ0n) is 11.6. The molecule has 1 rings (SSSR count). The maximum Gasteiger partial charge on any atom is 0.330 e. The van der Waals surface area contributed by atoms with Crippen molar-refractivity contribution >= 4 is 11.8 Å². The molecule has 102 valence electrons. The van der Waals surface area contributed by atoms with Crippen LogP contribution in [0.3, 0.4) is 0 Å². The van der Waals surface area contributed by atoms with Gasteiger partial charge in [0.2, 0.25) is 0 Å². The molecule has 1 heterocycles. The van der Waals surface area contributed by atoms with Gasteiger partial charge in [0.1, 0.15) is 0 Å². The molecular formula is C12H21N3O2S. The highest BCUT2D eigenvalue weighted by atomic mass is 32.2. The Hall–Kier alpha value is -1.01. The molecule has 0 aliphatic heterocycles. The van der Waals surface area contributed by atoms with Crippen LogP contribution in [0.2, 0.25) is 0 Å². The lowest BCUT2D eigenvalue weighted by atomic mass is 10.2. The van der Waals surface area contributed by atoms with Crippen molar-refractivity contribution in [2.45, 2.75) is 25.1 Å². The van der Waals surface area contributed by atoms with Crippen LogP contribution in [0.1, 0.15) is 19.4 Å². The van der Waals surface area contributed by atoms with E-state index in [0.717, 1.165) is 11.1 Å². The van der Waals surface area contributed by atoms with Gasteiger partial charge in [-0.1, -0.05) is 0 Å². The first-order chi connectivity index (χ1) is 8.28. The average Bonchev–Trinajstić information content (AvgIpc) is 2.33. The van der Waals surface area contributed by atoms with Gasteiger partial charge in [0, 0.05) is 43.7 Å². The van der Waals surface area contributed by atoms with E-state index in [9.17, 15) is 9.59 Å². The molecule has 0 fully saturated rings. The number of hydrogen-bond donors (Lipinski definition) is 1. The normalized spacial score (nSPS) is 11.8. The Morgan fingerprint density at radius 1 is 1.33 bits per heavy atom. The summed E-state index contributed by atoms with van der Waals surface area (Å²) in [4.78, 5) is 23.4. The van der Waals surface area contributed by atoms with E-state index in [1.807, 2.05) is 0 Å². The second-order valence-corrected chi connectivity index (χ2v) is 6.49. The summed E-state index contributed by atoms with van der Waals surface area (Å²) in [7, 11) is 3.15. The van der Waals surface area contributed by atoms with Crippen LogP contribution >= 0.6 is 11.8 Å². The second kappa shape index (κ2) is 5.75. The SMILES string of the molecule is CSC(C)(C)CNCc1cn(C)c(=O)n(C)c1=O. The van der Waals surface area contributed by atoms with Gasteiger partial charge in [-0.2, -0.15) is 11.8 Å². The summed E-state index contributed by atoms with van der Waals surface area (Å²) < 4.78 is 2.70. The molecule has 0 aromatic carbocycles. The van der Waals surface area contributed by atoms with Crippen molar-refractivity contribution in [1.82, 2.24) is 14.5 Å². The molecule has 1 aromatic rings. The zero-order chi connectivity index (χ0) is 13.9. The number of hydrogen-bond acceptors (Lipinski definition) is 4. The largest absolute Gasteiger partial charge is 0.330 e. The average molecular weight is 271 g/mol. The summed E-state index contributed by atoms with van der Waals surface area (Å²) in [5, 5.41) is 3.26. The Labute approximate surface area is 111 Å². The van der Waals surface area contributed by atoms with E-state index in [2.05, 4.69) is 25.4 Å². The van der Waals surface area contributed by atoms with E-state index < -0.39 is 0 Å². The van der Waals surface area contributed by atoms with Crippen LogP contribution in [-0.4, -0.2) is 26.7 Å².